The van der Waals surface area contributed by atoms with E-state index in [9.17, 15) is 0 Å². The Hall–Kier alpha value is -1.20. The van der Waals surface area contributed by atoms with E-state index in [1.165, 1.54) is 12.8 Å². The Morgan fingerprint density at radius 2 is 2.26 bits per heavy atom. The van der Waals surface area contributed by atoms with Gasteiger partial charge in [-0.3, -0.25) is 9.88 Å². The molecule has 1 saturated heterocycles. The zero-order chi connectivity index (χ0) is 13.5. The summed E-state index contributed by atoms with van der Waals surface area (Å²) < 4.78 is 5.71. The highest BCUT2D eigenvalue weighted by atomic mass is 16.5. The standard InChI is InChI=1S/C14H24N4O/c1-3-15-14-9-16-12(8-17-14)10-18-7-5-6-13(11-18)19-4-2/h8-9,13H,3-7,10-11H2,1-2H3,(H,15,17). The van der Waals surface area contributed by atoms with Gasteiger partial charge < -0.3 is 10.1 Å². The van der Waals surface area contributed by atoms with Crippen molar-refractivity contribution < 1.29 is 4.74 Å². The molecule has 1 aromatic rings. The number of hydrogen-bond acceptors (Lipinski definition) is 5. The summed E-state index contributed by atoms with van der Waals surface area (Å²) in [5.74, 6) is 0.845. The molecule has 1 atom stereocenters. The molecule has 5 heteroatoms. The molecule has 1 aliphatic heterocycles. The summed E-state index contributed by atoms with van der Waals surface area (Å²) in [6, 6.07) is 0. The Kier molecular flexibility index (Phi) is 5.54. The molecule has 1 N–H and O–H groups in total. The second-order valence-corrected chi connectivity index (χ2v) is 4.88. The smallest absolute Gasteiger partial charge is 0.144 e. The maximum absolute atomic E-state index is 5.71. The second kappa shape index (κ2) is 7.40. The van der Waals surface area contributed by atoms with Crippen molar-refractivity contribution in [3.8, 4) is 0 Å². The number of hydrogen-bond donors (Lipinski definition) is 1. The van der Waals surface area contributed by atoms with E-state index in [1.807, 2.05) is 12.4 Å². The monoisotopic (exact) mass is 264 g/mol. The van der Waals surface area contributed by atoms with E-state index < -0.39 is 0 Å². The molecule has 1 unspecified atom stereocenters. The summed E-state index contributed by atoms with van der Waals surface area (Å²) in [7, 11) is 0. The van der Waals surface area contributed by atoms with Crippen LogP contribution in [0.1, 0.15) is 32.4 Å². The summed E-state index contributed by atoms with van der Waals surface area (Å²) in [6.45, 7) is 8.78. The van der Waals surface area contributed by atoms with Crippen LogP contribution in [0.5, 0.6) is 0 Å². The van der Waals surface area contributed by atoms with Gasteiger partial charge in [-0.05, 0) is 33.2 Å². The number of nitrogens with one attached hydrogen (secondary N) is 1. The third kappa shape index (κ3) is 4.44. The topological polar surface area (TPSA) is 50.3 Å². The summed E-state index contributed by atoms with van der Waals surface area (Å²) in [6.07, 6.45) is 6.43. The third-order valence-electron chi connectivity index (χ3n) is 3.31. The lowest BCUT2D eigenvalue weighted by Gasteiger charge is -2.32. The molecule has 2 rings (SSSR count). The summed E-state index contributed by atoms with van der Waals surface area (Å²) in [4.78, 5) is 11.2. The van der Waals surface area contributed by atoms with Gasteiger partial charge in [-0.15, -0.1) is 0 Å². The molecule has 0 radical (unpaired) electrons. The van der Waals surface area contributed by atoms with E-state index >= 15 is 0 Å². The molecule has 2 heterocycles. The number of ether oxygens (including phenoxy) is 1. The van der Waals surface area contributed by atoms with Crippen molar-refractivity contribution in [3.05, 3.63) is 18.1 Å². The van der Waals surface area contributed by atoms with Crippen LogP contribution in [0.3, 0.4) is 0 Å². The number of piperidine rings is 1. The van der Waals surface area contributed by atoms with Gasteiger partial charge in [0.25, 0.3) is 0 Å². The number of rotatable bonds is 6. The first-order valence-corrected chi connectivity index (χ1v) is 7.20. The average molecular weight is 264 g/mol. The molecule has 0 spiro atoms. The number of anilines is 1. The molecule has 0 amide bonds. The lowest BCUT2D eigenvalue weighted by molar-refractivity contribution is 0.00329. The fourth-order valence-corrected chi connectivity index (χ4v) is 2.47. The Labute approximate surface area is 115 Å². The minimum atomic E-state index is 0.382. The zero-order valence-electron chi connectivity index (χ0n) is 11.9. The Bertz CT molecular complexity index is 366. The second-order valence-electron chi connectivity index (χ2n) is 4.88. The zero-order valence-corrected chi connectivity index (χ0v) is 11.9. The molecule has 19 heavy (non-hydrogen) atoms. The van der Waals surface area contributed by atoms with Gasteiger partial charge in [0.05, 0.1) is 24.2 Å². The van der Waals surface area contributed by atoms with Gasteiger partial charge in [0.1, 0.15) is 5.82 Å². The van der Waals surface area contributed by atoms with Crippen LogP contribution in [0.4, 0.5) is 5.82 Å². The summed E-state index contributed by atoms with van der Waals surface area (Å²) in [5, 5.41) is 3.15. The Morgan fingerprint density at radius 3 is 2.95 bits per heavy atom. The quantitative estimate of drug-likeness (QED) is 0.850. The van der Waals surface area contributed by atoms with Gasteiger partial charge in [-0.25, -0.2) is 4.98 Å². The molecule has 0 aliphatic carbocycles. The summed E-state index contributed by atoms with van der Waals surface area (Å²) >= 11 is 0. The van der Waals surface area contributed by atoms with Gasteiger partial charge >= 0.3 is 0 Å². The molecule has 0 aromatic carbocycles. The first-order chi connectivity index (χ1) is 9.31. The van der Waals surface area contributed by atoms with Crippen LogP contribution in [-0.2, 0) is 11.3 Å². The van der Waals surface area contributed by atoms with Crippen molar-refractivity contribution in [2.45, 2.75) is 39.3 Å². The van der Waals surface area contributed by atoms with Crippen molar-refractivity contribution in [1.29, 1.82) is 0 Å². The lowest BCUT2D eigenvalue weighted by atomic mass is 10.1. The molecule has 0 saturated carbocycles. The van der Waals surface area contributed by atoms with E-state index in [1.54, 1.807) is 0 Å². The minimum absolute atomic E-state index is 0.382. The average Bonchev–Trinajstić information content (AvgIpc) is 2.42. The van der Waals surface area contributed by atoms with E-state index in [4.69, 9.17) is 4.74 Å². The van der Waals surface area contributed by atoms with Crippen LogP contribution >= 0.6 is 0 Å². The number of likely N-dealkylation sites (tertiary alicyclic amines) is 1. The number of nitrogens with zero attached hydrogens (tertiary/aromatic N) is 3. The van der Waals surface area contributed by atoms with E-state index in [2.05, 4.69) is 34.0 Å². The van der Waals surface area contributed by atoms with Gasteiger partial charge in [-0.2, -0.15) is 0 Å². The lowest BCUT2D eigenvalue weighted by Crippen LogP contribution is -2.39. The van der Waals surface area contributed by atoms with E-state index in [-0.39, 0.29) is 0 Å². The molecular weight excluding hydrogens is 240 g/mol. The largest absolute Gasteiger partial charge is 0.377 e. The maximum Gasteiger partial charge on any atom is 0.144 e. The van der Waals surface area contributed by atoms with Crippen LogP contribution in [0.2, 0.25) is 0 Å². The normalized spacial score (nSPS) is 20.4. The van der Waals surface area contributed by atoms with Crippen molar-refractivity contribution in [1.82, 2.24) is 14.9 Å². The Morgan fingerprint density at radius 1 is 1.37 bits per heavy atom. The molecule has 0 bridgehead atoms. The fraction of sp³-hybridized carbons (Fsp3) is 0.714. The van der Waals surface area contributed by atoms with Crippen LogP contribution < -0.4 is 5.32 Å². The van der Waals surface area contributed by atoms with Gasteiger partial charge in [0, 0.05) is 26.2 Å². The molecule has 5 nitrogen and oxygen atoms in total. The molecule has 106 valence electrons. The minimum Gasteiger partial charge on any atom is -0.377 e. The van der Waals surface area contributed by atoms with Crippen molar-refractivity contribution in [2.24, 2.45) is 0 Å². The third-order valence-corrected chi connectivity index (χ3v) is 3.31. The van der Waals surface area contributed by atoms with E-state index in [0.717, 1.165) is 44.3 Å². The highest BCUT2D eigenvalue weighted by Gasteiger charge is 2.20. The highest BCUT2D eigenvalue weighted by Crippen LogP contribution is 2.15. The molecular formula is C14H24N4O. The predicted octanol–water partition coefficient (Wildman–Crippen LogP) is 1.91. The van der Waals surface area contributed by atoms with Crippen LogP contribution in [0.15, 0.2) is 12.4 Å². The predicted molar refractivity (Wildman–Crippen MR) is 76.1 cm³/mol. The van der Waals surface area contributed by atoms with Crippen LogP contribution in [-0.4, -0.2) is 47.2 Å². The van der Waals surface area contributed by atoms with Gasteiger partial charge in [0.2, 0.25) is 0 Å². The van der Waals surface area contributed by atoms with Crippen LogP contribution in [0.25, 0.3) is 0 Å². The molecule has 1 fully saturated rings. The maximum atomic E-state index is 5.71. The summed E-state index contributed by atoms with van der Waals surface area (Å²) in [5.41, 5.74) is 1.03. The van der Waals surface area contributed by atoms with Gasteiger partial charge in [0.15, 0.2) is 0 Å². The van der Waals surface area contributed by atoms with Crippen molar-refractivity contribution in [3.63, 3.8) is 0 Å². The number of aromatic nitrogens is 2. The first kappa shape index (κ1) is 14.2. The van der Waals surface area contributed by atoms with Gasteiger partial charge in [-0.1, -0.05) is 0 Å². The molecule has 1 aliphatic rings. The highest BCUT2D eigenvalue weighted by molar-refractivity contribution is 5.30. The van der Waals surface area contributed by atoms with Crippen LogP contribution in [0, 0.1) is 0 Å². The Balaban J connectivity index is 1.85. The first-order valence-electron chi connectivity index (χ1n) is 7.20. The van der Waals surface area contributed by atoms with Crippen molar-refractivity contribution >= 4 is 5.82 Å². The fourth-order valence-electron chi connectivity index (χ4n) is 2.47. The molecule has 1 aromatic heterocycles. The SMILES string of the molecule is CCNc1cnc(CN2CCCC(OCC)C2)cn1. The van der Waals surface area contributed by atoms with E-state index in [0.29, 0.717) is 6.10 Å². The van der Waals surface area contributed by atoms with Crippen molar-refractivity contribution in [2.75, 3.05) is 31.6 Å².